The summed E-state index contributed by atoms with van der Waals surface area (Å²) in [6.45, 7) is 0.828. The Morgan fingerprint density at radius 2 is 1.72 bits per heavy atom. The van der Waals surface area contributed by atoms with Crippen molar-refractivity contribution >= 4 is 10.8 Å². The fourth-order valence-corrected chi connectivity index (χ4v) is 2.10. The van der Waals surface area contributed by atoms with Crippen LogP contribution in [0.15, 0.2) is 67.0 Å². The minimum atomic E-state index is -0.191. The molecule has 3 rings (SSSR count). The third kappa shape index (κ3) is 2.23. The molecule has 1 aromatic heterocycles. The van der Waals surface area contributed by atoms with E-state index in [9.17, 15) is 4.39 Å². The third-order valence-electron chi connectivity index (χ3n) is 3.01. The summed E-state index contributed by atoms with van der Waals surface area (Å²) in [5, 5.41) is 1.98. The Morgan fingerprint density at radius 1 is 0.889 bits per heavy atom. The van der Waals surface area contributed by atoms with E-state index >= 15 is 0 Å². The van der Waals surface area contributed by atoms with Gasteiger partial charge in [0.25, 0.3) is 0 Å². The molecule has 2 aromatic carbocycles. The minimum Gasteiger partial charge on any atom is -0.207 e. The Bertz CT molecular complexity index is 677. The molecule has 0 amide bonds. The molecule has 0 atom stereocenters. The predicted octanol–water partition coefficient (Wildman–Crippen LogP) is 3.31. The normalized spacial score (nSPS) is 10.7. The van der Waals surface area contributed by atoms with Gasteiger partial charge in [0.1, 0.15) is 5.82 Å². The number of nitrogens with zero attached hydrogens (tertiary/aromatic N) is 1. The molecule has 0 spiro atoms. The summed E-state index contributed by atoms with van der Waals surface area (Å²) >= 11 is 0. The monoisotopic (exact) mass is 238 g/mol. The van der Waals surface area contributed by atoms with E-state index < -0.39 is 0 Å². The van der Waals surface area contributed by atoms with Crippen LogP contribution in [0.2, 0.25) is 0 Å². The number of hydrogen-bond donors (Lipinski definition) is 0. The number of fused-ring (bicyclic) bond motifs is 1. The van der Waals surface area contributed by atoms with E-state index in [0.29, 0.717) is 0 Å². The zero-order valence-electron chi connectivity index (χ0n) is 9.88. The van der Waals surface area contributed by atoms with Crippen LogP contribution >= 0.6 is 0 Å². The topological polar surface area (TPSA) is 3.88 Å². The number of pyridine rings is 1. The molecule has 1 nitrogen and oxygen atoms in total. The second kappa shape index (κ2) is 4.57. The van der Waals surface area contributed by atoms with Gasteiger partial charge in [-0.2, -0.15) is 0 Å². The minimum absolute atomic E-state index is 0.191. The first-order valence-corrected chi connectivity index (χ1v) is 5.93. The maximum Gasteiger partial charge on any atom is 0.176 e. The number of benzene rings is 2. The molecule has 3 aromatic rings. The highest BCUT2D eigenvalue weighted by Crippen LogP contribution is 2.12. The van der Waals surface area contributed by atoms with Gasteiger partial charge in [-0.3, -0.25) is 0 Å². The highest BCUT2D eigenvalue weighted by molar-refractivity contribution is 5.80. The van der Waals surface area contributed by atoms with Crippen LogP contribution in [-0.2, 0) is 6.54 Å². The van der Waals surface area contributed by atoms with Crippen LogP contribution in [0.5, 0.6) is 0 Å². The van der Waals surface area contributed by atoms with Crippen molar-refractivity contribution in [3.8, 4) is 0 Å². The zero-order chi connectivity index (χ0) is 12.4. The average molecular weight is 238 g/mol. The van der Waals surface area contributed by atoms with Crippen molar-refractivity contribution in [1.82, 2.24) is 0 Å². The van der Waals surface area contributed by atoms with Gasteiger partial charge >= 0.3 is 0 Å². The highest BCUT2D eigenvalue weighted by Gasteiger charge is 2.04. The zero-order valence-corrected chi connectivity index (χ0v) is 9.88. The van der Waals surface area contributed by atoms with E-state index in [2.05, 4.69) is 16.7 Å². The SMILES string of the molecule is Fc1ccc2c[n+](Cc3ccccc3)ccc2c1. The maximum atomic E-state index is 13.1. The number of halogens is 1. The van der Waals surface area contributed by atoms with Gasteiger partial charge in [0, 0.05) is 17.0 Å². The Hall–Kier alpha value is -2.22. The van der Waals surface area contributed by atoms with Crippen molar-refractivity contribution in [3.05, 3.63) is 78.4 Å². The van der Waals surface area contributed by atoms with Crippen LogP contribution in [0.25, 0.3) is 10.8 Å². The summed E-state index contributed by atoms with van der Waals surface area (Å²) in [4.78, 5) is 0. The van der Waals surface area contributed by atoms with Crippen molar-refractivity contribution in [2.45, 2.75) is 6.54 Å². The van der Waals surface area contributed by atoms with Gasteiger partial charge in [-0.05, 0) is 23.6 Å². The largest absolute Gasteiger partial charge is 0.207 e. The summed E-state index contributed by atoms with van der Waals surface area (Å²) in [5.41, 5.74) is 1.25. The van der Waals surface area contributed by atoms with E-state index in [4.69, 9.17) is 0 Å². The molecule has 88 valence electrons. The first-order valence-electron chi connectivity index (χ1n) is 5.93. The van der Waals surface area contributed by atoms with Crippen LogP contribution in [-0.4, -0.2) is 0 Å². The summed E-state index contributed by atoms with van der Waals surface area (Å²) in [5.74, 6) is -0.191. The van der Waals surface area contributed by atoms with Gasteiger partial charge in [0.05, 0.1) is 0 Å². The lowest BCUT2D eigenvalue weighted by molar-refractivity contribution is -0.687. The van der Waals surface area contributed by atoms with E-state index in [0.717, 1.165) is 17.3 Å². The van der Waals surface area contributed by atoms with E-state index in [-0.39, 0.29) is 5.82 Å². The average Bonchev–Trinajstić information content (AvgIpc) is 2.40. The van der Waals surface area contributed by atoms with Gasteiger partial charge in [0.2, 0.25) is 0 Å². The van der Waals surface area contributed by atoms with Crippen molar-refractivity contribution in [2.24, 2.45) is 0 Å². The summed E-state index contributed by atoms with van der Waals surface area (Å²) < 4.78 is 15.2. The van der Waals surface area contributed by atoms with Crippen molar-refractivity contribution < 1.29 is 8.96 Å². The Balaban J connectivity index is 1.96. The highest BCUT2D eigenvalue weighted by atomic mass is 19.1. The molecule has 0 radical (unpaired) electrons. The van der Waals surface area contributed by atoms with Crippen molar-refractivity contribution in [1.29, 1.82) is 0 Å². The quantitative estimate of drug-likeness (QED) is 0.603. The smallest absolute Gasteiger partial charge is 0.176 e. The number of hydrogen-bond acceptors (Lipinski definition) is 0. The summed E-state index contributed by atoms with van der Waals surface area (Å²) in [6, 6.07) is 17.1. The molecule has 0 aliphatic rings. The van der Waals surface area contributed by atoms with Gasteiger partial charge in [-0.1, -0.05) is 30.3 Å². The van der Waals surface area contributed by atoms with Gasteiger partial charge < -0.3 is 0 Å². The van der Waals surface area contributed by atoms with Gasteiger partial charge in [0.15, 0.2) is 18.9 Å². The molecule has 0 saturated heterocycles. The van der Waals surface area contributed by atoms with Crippen LogP contribution < -0.4 is 4.57 Å². The Kier molecular flexibility index (Phi) is 2.77. The van der Waals surface area contributed by atoms with Crippen LogP contribution in [0.3, 0.4) is 0 Å². The first kappa shape index (κ1) is 10.9. The lowest BCUT2D eigenvalue weighted by atomic mass is 10.1. The first-order chi connectivity index (χ1) is 8.81. The predicted molar refractivity (Wildman–Crippen MR) is 69.6 cm³/mol. The molecule has 2 heteroatoms. The Morgan fingerprint density at radius 3 is 2.56 bits per heavy atom. The number of aromatic nitrogens is 1. The fraction of sp³-hybridized carbons (Fsp3) is 0.0625. The third-order valence-corrected chi connectivity index (χ3v) is 3.01. The lowest BCUT2D eigenvalue weighted by Crippen LogP contribution is -2.33. The molecule has 0 aliphatic carbocycles. The number of rotatable bonds is 2. The molecule has 0 N–H and O–H groups in total. The van der Waals surface area contributed by atoms with Crippen LogP contribution in [0, 0.1) is 5.82 Å². The van der Waals surface area contributed by atoms with E-state index in [1.54, 1.807) is 6.07 Å². The van der Waals surface area contributed by atoms with Gasteiger partial charge in [-0.15, -0.1) is 0 Å². The molecule has 0 saturated carbocycles. The summed E-state index contributed by atoms with van der Waals surface area (Å²) in [7, 11) is 0. The molecule has 0 bridgehead atoms. The standard InChI is InChI=1S/C16H13FN/c17-16-7-6-15-12-18(9-8-14(15)10-16)11-13-4-2-1-3-5-13/h1-10,12H,11H2/q+1. The molecule has 1 heterocycles. The lowest BCUT2D eigenvalue weighted by Gasteiger charge is -2.00. The molecular formula is C16H13FN+. The van der Waals surface area contributed by atoms with Crippen LogP contribution in [0.4, 0.5) is 4.39 Å². The molecular weight excluding hydrogens is 225 g/mol. The second-order valence-corrected chi connectivity index (χ2v) is 4.38. The fourth-order valence-electron chi connectivity index (χ4n) is 2.10. The maximum absolute atomic E-state index is 13.1. The van der Waals surface area contributed by atoms with Crippen molar-refractivity contribution in [3.63, 3.8) is 0 Å². The van der Waals surface area contributed by atoms with Crippen LogP contribution in [0.1, 0.15) is 5.56 Å². The second-order valence-electron chi connectivity index (χ2n) is 4.38. The Labute approximate surface area is 105 Å². The molecule has 0 unspecified atom stereocenters. The summed E-state index contributed by atoms with van der Waals surface area (Å²) in [6.07, 6.45) is 4.02. The molecule has 0 fully saturated rings. The van der Waals surface area contributed by atoms with E-state index in [1.165, 1.54) is 11.6 Å². The van der Waals surface area contributed by atoms with Gasteiger partial charge in [-0.25, -0.2) is 8.96 Å². The van der Waals surface area contributed by atoms with E-state index in [1.807, 2.05) is 42.7 Å². The molecule has 0 aliphatic heterocycles. The van der Waals surface area contributed by atoms with Crippen molar-refractivity contribution in [2.75, 3.05) is 0 Å². The molecule has 18 heavy (non-hydrogen) atoms.